The molecule has 6 heteroatoms. The fourth-order valence-electron chi connectivity index (χ4n) is 2.38. The lowest BCUT2D eigenvalue weighted by Gasteiger charge is -2.14. The van der Waals surface area contributed by atoms with Gasteiger partial charge in [-0.1, -0.05) is 41.9 Å². The number of benzene rings is 2. The van der Waals surface area contributed by atoms with Crippen molar-refractivity contribution in [1.82, 2.24) is 10.2 Å². The Morgan fingerprint density at radius 2 is 1.92 bits per heavy atom. The zero-order chi connectivity index (χ0) is 17.1. The van der Waals surface area contributed by atoms with Crippen LogP contribution in [0.3, 0.4) is 0 Å². The van der Waals surface area contributed by atoms with Crippen LogP contribution in [0.15, 0.2) is 54.2 Å². The van der Waals surface area contributed by atoms with Gasteiger partial charge in [0.05, 0.1) is 13.7 Å². The van der Waals surface area contributed by atoms with E-state index in [1.807, 2.05) is 42.5 Å². The molecule has 0 unspecified atom stereocenters. The van der Waals surface area contributed by atoms with Gasteiger partial charge in [-0.25, -0.2) is 0 Å². The van der Waals surface area contributed by atoms with Crippen LogP contribution in [-0.2, 0) is 11.3 Å². The Morgan fingerprint density at radius 3 is 2.58 bits per heavy atom. The largest absolute Gasteiger partial charge is 0.497 e. The Kier molecular flexibility index (Phi) is 4.83. The van der Waals surface area contributed by atoms with E-state index in [1.54, 1.807) is 19.3 Å². The lowest BCUT2D eigenvalue weighted by Crippen LogP contribution is -2.30. The molecule has 1 aliphatic heterocycles. The van der Waals surface area contributed by atoms with E-state index < -0.39 is 0 Å². The Balaban J connectivity index is 1.80. The van der Waals surface area contributed by atoms with E-state index in [2.05, 4.69) is 5.32 Å². The molecule has 1 amide bonds. The van der Waals surface area contributed by atoms with Gasteiger partial charge >= 0.3 is 0 Å². The van der Waals surface area contributed by atoms with Crippen LogP contribution >= 0.6 is 23.8 Å². The van der Waals surface area contributed by atoms with Crippen LogP contribution < -0.4 is 10.1 Å². The highest BCUT2D eigenvalue weighted by Crippen LogP contribution is 2.22. The van der Waals surface area contributed by atoms with Crippen molar-refractivity contribution in [2.75, 3.05) is 7.11 Å². The highest BCUT2D eigenvalue weighted by atomic mass is 35.5. The first-order valence-corrected chi connectivity index (χ1v) is 8.09. The number of ether oxygens (including phenoxy) is 1. The summed E-state index contributed by atoms with van der Waals surface area (Å²) >= 11 is 11.4. The molecule has 2 aromatic rings. The summed E-state index contributed by atoms with van der Waals surface area (Å²) in [6, 6.07) is 14.8. The Morgan fingerprint density at radius 1 is 1.21 bits per heavy atom. The molecule has 0 aliphatic carbocycles. The minimum Gasteiger partial charge on any atom is -0.497 e. The normalized spacial score (nSPS) is 15.8. The zero-order valence-electron chi connectivity index (χ0n) is 13.0. The number of hydrogen-bond acceptors (Lipinski definition) is 3. The molecule has 0 atom stereocenters. The average molecular weight is 359 g/mol. The van der Waals surface area contributed by atoms with Crippen molar-refractivity contribution in [3.8, 4) is 5.75 Å². The van der Waals surface area contributed by atoms with E-state index in [1.165, 1.54) is 4.90 Å². The first-order valence-electron chi connectivity index (χ1n) is 7.30. The molecule has 122 valence electrons. The Bertz CT molecular complexity index is 818. The maximum Gasteiger partial charge on any atom is 0.276 e. The number of rotatable bonds is 4. The Labute approximate surface area is 150 Å². The number of thiocarbonyl (C=S) groups is 1. The second kappa shape index (κ2) is 7.03. The number of halogens is 1. The topological polar surface area (TPSA) is 41.6 Å². The molecule has 0 radical (unpaired) electrons. The lowest BCUT2D eigenvalue weighted by atomic mass is 10.1. The summed E-state index contributed by atoms with van der Waals surface area (Å²) in [4.78, 5) is 14.1. The van der Waals surface area contributed by atoms with E-state index in [4.69, 9.17) is 28.6 Å². The smallest absolute Gasteiger partial charge is 0.276 e. The Hall–Kier alpha value is -2.37. The molecule has 1 fully saturated rings. The van der Waals surface area contributed by atoms with Crippen LogP contribution in [0.5, 0.6) is 5.75 Å². The molecule has 0 spiro atoms. The van der Waals surface area contributed by atoms with Gasteiger partial charge in [0.25, 0.3) is 5.91 Å². The minimum atomic E-state index is -0.171. The number of nitrogens with zero attached hydrogens (tertiary/aromatic N) is 1. The molecule has 24 heavy (non-hydrogen) atoms. The second-order valence-electron chi connectivity index (χ2n) is 5.24. The van der Waals surface area contributed by atoms with E-state index in [-0.39, 0.29) is 5.91 Å². The van der Waals surface area contributed by atoms with Crippen LogP contribution in [0.2, 0.25) is 5.02 Å². The molecule has 0 saturated carbocycles. The average Bonchev–Trinajstić information content (AvgIpc) is 2.85. The minimum absolute atomic E-state index is 0.171. The summed E-state index contributed by atoms with van der Waals surface area (Å²) in [5.74, 6) is 0.592. The summed E-state index contributed by atoms with van der Waals surface area (Å²) in [5, 5.41) is 3.95. The quantitative estimate of drug-likeness (QED) is 0.669. The monoisotopic (exact) mass is 358 g/mol. The molecular weight excluding hydrogens is 344 g/mol. The van der Waals surface area contributed by atoms with E-state index in [0.717, 1.165) is 16.9 Å². The van der Waals surface area contributed by atoms with Crippen LogP contribution in [-0.4, -0.2) is 23.0 Å². The van der Waals surface area contributed by atoms with Gasteiger partial charge in [-0.15, -0.1) is 0 Å². The SMILES string of the molecule is COc1ccc(/C=C2\NC(=S)N(Cc3ccccc3Cl)C2=O)cc1. The molecular formula is C18H15ClN2O2S. The molecule has 1 aliphatic rings. The molecule has 4 nitrogen and oxygen atoms in total. The highest BCUT2D eigenvalue weighted by Gasteiger charge is 2.30. The number of nitrogens with one attached hydrogen (secondary N) is 1. The molecule has 1 heterocycles. The van der Waals surface area contributed by atoms with Gasteiger partial charge in [0, 0.05) is 5.02 Å². The summed E-state index contributed by atoms with van der Waals surface area (Å²) in [6.45, 7) is 0.338. The molecule has 1 saturated heterocycles. The summed E-state index contributed by atoms with van der Waals surface area (Å²) in [5.41, 5.74) is 2.17. The number of hydrogen-bond donors (Lipinski definition) is 1. The van der Waals surface area contributed by atoms with Crippen molar-refractivity contribution in [3.63, 3.8) is 0 Å². The predicted octanol–water partition coefficient (Wildman–Crippen LogP) is 3.61. The third-order valence-corrected chi connectivity index (χ3v) is 4.37. The molecule has 2 aromatic carbocycles. The van der Waals surface area contributed by atoms with Crippen LogP contribution in [0, 0.1) is 0 Å². The molecule has 1 N–H and O–H groups in total. The van der Waals surface area contributed by atoms with Crippen LogP contribution in [0.1, 0.15) is 11.1 Å². The van der Waals surface area contributed by atoms with Crippen molar-refractivity contribution in [2.45, 2.75) is 6.54 Å². The molecule has 0 aromatic heterocycles. The fourth-order valence-corrected chi connectivity index (χ4v) is 2.83. The molecule has 0 bridgehead atoms. The van der Waals surface area contributed by atoms with Crippen LogP contribution in [0.25, 0.3) is 6.08 Å². The predicted molar refractivity (Wildman–Crippen MR) is 98.7 cm³/mol. The highest BCUT2D eigenvalue weighted by molar-refractivity contribution is 7.80. The maximum absolute atomic E-state index is 12.6. The van der Waals surface area contributed by atoms with Gasteiger partial charge in [-0.2, -0.15) is 0 Å². The van der Waals surface area contributed by atoms with Crippen molar-refractivity contribution in [3.05, 3.63) is 70.4 Å². The van der Waals surface area contributed by atoms with Crippen molar-refractivity contribution >= 4 is 40.9 Å². The van der Waals surface area contributed by atoms with Gasteiger partial charge in [0.2, 0.25) is 0 Å². The van der Waals surface area contributed by atoms with Gasteiger partial charge in [-0.05, 0) is 47.6 Å². The summed E-state index contributed by atoms with van der Waals surface area (Å²) in [6.07, 6.45) is 1.76. The number of methoxy groups -OCH3 is 1. The first kappa shape index (κ1) is 16.5. The van der Waals surface area contributed by atoms with Gasteiger partial charge in [-0.3, -0.25) is 9.69 Å². The van der Waals surface area contributed by atoms with Crippen molar-refractivity contribution < 1.29 is 9.53 Å². The maximum atomic E-state index is 12.6. The summed E-state index contributed by atoms with van der Waals surface area (Å²) < 4.78 is 5.13. The number of carbonyl (C=O) groups excluding carboxylic acids is 1. The van der Waals surface area contributed by atoms with E-state index >= 15 is 0 Å². The fraction of sp³-hybridized carbons (Fsp3) is 0.111. The number of carbonyl (C=O) groups is 1. The second-order valence-corrected chi connectivity index (χ2v) is 6.04. The van der Waals surface area contributed by atoms with Gasteiger partial charge in [0.1, 0.15) is 11.4 Å². The van der Waals surface area contributed by atoms with Gasteiger partial charge < -0.3 is 10.1 Å². The summed E-state index contributed by atoms with van der Waals surface area (Å²) in [7, 11) is 1.61. The van der Waals surface area contributed by atoms with Gasteiger partial charge in [0.15, 0.2) is 5.11 Å². The zero-order valence-corrected chi connectivity index (χ0v) is 14.5. The third-order valence-electron chi connectivity index (χ3n) is 3.68. The first-order chi connectivity index (χ1) is 11.6. The van der Waals surface area contributed by atoms with Crippen molar-refractivity contribution in [2.24, 2.45) is 0 Å². The van der Waals surface area contributed by atoms with Crippen molar-refractivity contribution in [1.29, 1.82) is 0 Å². The standard InChI is InChI=1S/C18H15ClN2O2S/c1-23-14-8-6-12(7-9-14)10-16-17(22)21(18(24)20-16)11-13-4-2-3-5-15(13)19/h2-10H,11H2,1H3,(H,20,24)/b16-10-. The third kappa shape index (κ3) is 3.42. The number of amides is 1. The molecule has 3 rings (SSSR count). The lowest BCUT2D eigenvalue weighted by molar-refractivity contribution is -0.122. The van der Waals surface area contributed by atoms with E-state index in [0.29, 0.717) is 22.4 Å². The van der Waals surface area contributed by atoms with E-state index in [9.17, 15) is 4.79 Å². The van der Waals surface area contributed by atoms with Crippen LogP contribution in [0.4, 0.5) is 0 Å².